The van der Waals surface area contributed by atoms with Gasteiger partial charge in [-0.3, -0.25) is 4.79 Å². The zero-order valence-corrected chi connectivity index (χ0v) is 12.3. The van der Waals surface area contributed by atoms with E-state index in [-0.39, 0.29) is 5.75 Å². The highest BCUT2D eigenvalue weighted by Crippen LogP contribution is 2.17. The molecule has 0 radical (unpaired) electrons. The summed E-state index contributed by atoms with van der Waals surface area (Å²) in [5, 5.41) is 17.5. The Labute approximate surface area is 117 Å². The molecule has 108 valence electrons. The van der Waals surface area contributed by atoms with Gasteiger partial charge in [0.2, 0.25) is 0 Å². The molecular formula is C12H21N3O3S. The maximum Gasteiger partial charge on any atom is 0.313 e. The van der Waals surface area contributed by atoms with Crippen molar-refractivity contribution in [2.75, 3.05) is 19.0 Å². The number of rotatable bonds is 10. The molecule has 0 aromatic carbocycles. The second-order valence-corrected chi connectivity index (χ2v) is 4.99. The summed E-state index contributed by atoms with van der Waals surface area (Å²) >= 11 is 1.19. The van der Waals surface area contributed by atoms with Crippen LogP contribution in [0.5, 0.6) is 0 Å². The molecule has 0 spiro atoms. The lowest BCUT2D eigenvalue weighted by Crippen LogP contribution is -2.11. The van der Waals surface area contributed by atoms with Crippen LogP contribution in [0, 0.1) is 0 Å². The Balaban J connectivity index is 2.52. The van der Waals surface area contributed by atoms with Crippen LogP contribution in [0.4, 0.5) is 0 Å². The number of unbranched alkanes of at least 4 members (excludes halogenated alkanes) is 1. The fourth-order valence-corrected chi connectivity index (χ4v) is 2.25. The third-order valence-electron chi connectivity index (χ3n) is 2.54. The molecule has 19 heavy (non-hydrogen) atoms. The fraction of sp³-hybridized carbons (Fsp3) is 0.750. The Bertz CT molecular complexity index is 396. The molecule has 0 atom stereocenters. The minimum Gasteiger partial charge on any atom is -0.481 e. The summed E-state index contributed by atoms with van der Waals surface area (Å²) < 4.78 is 7.47. The minimum absolute atomic E-state index is 0.00145. The molecule has 7 heteroatoms. The van der Waals surface area contributed by atoms with E-state index in [1.165, 1.54) is 11.8 Å². The van der Waals surface area contributed by atoms with Gasteiger partial charge in [0.1, 0.15) is 5.82 Å². The van der Waals surface area contributed by atoms with Crippen molar-refractivity contribution >= 4 is 17.7 Å². The third-order valence-corrected chi connectivity index (χ3v) is 3.49. The number of carboxylic acid groups (broad SMARTS) is 1. The topological polar surface area (TPSA) is 77.2 Å². The Morgan fingerprint density at radius 3 is 2.79 bits per heavy atom. The van der Waals surface area contributed by atoms with Crippen LogP contribution in [0.2, 0.25) is 0 Å². The first-order valence-electron chi connectivity index (χ1n) is 6.53. The molecule has 1 rings (SSSR count). The van der Waals surface area contributed by atoms with Gasteiger partial charge < -0.3 is 14.4 Å². The SMILES string of the molecule is CCCCOCCn1c(CC)nnc1SCC(=O)O. The summed E-state index contributed by atoms with van der Waals surface area (Å²) in [6.45, 7) is 6.16. The van der Waals surface area contributed by atoms with Crippen LogP contribution >= 0.6 is 11.8 Å². The van der Waals surface area contributed by atoms with Crippen molar-refractivity contribution in [2.24, 2.45) is 0 Å². The number of aliphatic carboxylic acids is 1. The lowest BCUT2D eigenvalue weighted by atomic mass is 10.4. The molecule has 0 aliphatic heterocycles. The van der Waals surface area contributed by atoms with Crippen molar-refractivity contribution in [3.05, 3.63) is 5.82 Å². The van der Waals surface area contributed by atoms with Crippen LogP contribution in [0.25, 0.3) is 0 Å². The van der Waals surface area contributed by atoms with Crippen LogP contribution in [0.1, 0.15) is 32.5 Å². The average Bonchev–Trinajstić information content (AvgIpc) is 2.78. The predicted molar refractivity (Wildman–Crippen MR) is 73.5 cm³/mol. The number of carboxylic acids is 1. The predicted octanol–water partition coefficient (Wildman–Crippen LogP) is 1.83. The Hall–Kier alpha value is -1.08. The van der Waals surface area contributed by atoms with Crippen molar-refractivity contribution < 1.29 is 14.6 Å². The summed E-state index contributed by atoms with van der Waals surface area (Å²) in [5.41, 5.74) is 0. The minimum atomic E-state index is -0.850. The lowest BCUT2D eigenvalue weighted by molar-refractivity contribution is -0.133. The van der Waals surface area contributed by atoms with E-state index < -0.39 is 5.97 Å². The molecule has 1 N–H and O–H groups in total. The summed E-state index contributed by atoms with van der Waals surface area (Å²) in [6, 6.07) is 0. The standard InChI is InChI=1S/C12H21N3O3S/c1-3-5-7-18-8-6-15-10(4-2)13-14-12(15)19-9-11(16)17/h3-9H2,1-2H3,(H,16,17). The number of carbonyl (C=O) groups is 1. The fourth-order valence-electron chi connectivity index (χ4n) is 1.54. The van der Waals surface area contributed by atoms with E-state index in [1.807, 2.05) is 11.5 Å². The number of hydrogen-bond donors (Lipinski definition) is 1. The van der Waals surface area contributed by atoms with Crippen molar-refractivity contribution in [1.29, 1.82) is 0 Å². The summed E-state index contributed by atoms with van der Waals surface area (Å²) in [6.07, 6.45) is 2.95. The van der Waals surface area contributed by atoms with Crippen LogP contribution in [0.3, 0.4) is 0 Å². The van der Waals surface area contributed by atoms with E-state index in [2.05, 4.69) is 17.1 Å². The normalized spacial score (nSPS) is 10.8. The molecule has 0 amide bonds. The molecule has 0 fully saturated rings. The Kier molecular flexibility index (Phi) is 7.50. The zero-order chi connectivity index (χ0) is 14.1. The van der Waals surface area contributed by atoms with Gasteiger partial charge in [-0.15, -0.1) is 10.2 Å². The lowest BCUT2D eigenvalue weighted by Gasteiger charge is -2.09. The van der Waals surface area contributed by atoms with Crippen molar-refractivity contribution in [3.8, 4) is 0 Å². The third kappa shape index (κ3) is 5.61. The molecule has 1 heterocycles. The van der Waals surface area contributed by atoms with Crippen molar-refractivity contribution in [3.63, 3.8) is 0 Å². The number of aromatic nitrogens is 3. The molecule has 6 nitrogen and oxygen atoms in total. The first-order valence-corrected chi connectivity index (χ1v) is 7.52. The van der Waals surface area contributed by atoms with Gasteiger partial charge in [0, 0.05) is 19.6 Å². The second kappa shape index (κ2) is 8.92. The zero-order valence-electron chi connectivity index (χ0n) is 11.5. The van der Waals surface area contributed by atoms with E-state index in [0.29, 0.717) is 18.3 Å². The van der Waals surface area contributed by atoms with Crippen molar-refractivity contribution in [2.45, 2.75) is 44.8 Å². The number of nitrogens with zero attached hydrogens (tertiary/aromatic N) is 3. The molecule has 0 aliphatic carbocycles. The van der Waals surface area contributed by atoms with Gasteiger partial charge >= 0.3 is 5.97 Å². The maximum atomic E-state index is 10.6. The summed E-state index contributed by atoms with van der Waals surface area (Å²) in [7, 11) is 0. The summed E-state index contributed by atoms with van der Waals surface area (Å²) in [4.78, 5) is 10.6. The Morgan fingerprint density at radius 2 is 2.16 bits per heavy atom. The summed E-state index contributed by atoms with van der Waals surface area (Å²) in [5.74, 6) is 0.0159. The molecule has 0 saturated heterocycles. The van der Waals surface area contributed by atoms with Crippen LogP contribution in [-0.4, -0.2) is 44.8 Å². The highest BCUT2D eigenvalue weighted by atomic mass is 32.2. The Morgan fingerprint density at radius 1 is 1.37 bits per heavy atom. The molecule has 0 aliphatic rings. The quantitative estimate of drug-likeness (QED) is 0.522. The molecule has 0 bridgehead atoms. The van der Waals surface area contributed by atoms with Gasteiger partial charge in [-0.05, 0) is 6.42 Å². The number of ether oxygens (including phenoxy) is 1. The molecule has 0 unspecified atom stereocenters. The van der Waals surface area contributed by atoms with Gasteiger partial charge in [-0.1, -0.05) is 32.0 Å². The van der Waals surface area contributed by atoms with Gasteiger partial charge in [0.15, 0.2) is 5.16 Å². The highest BCUT2D eigenvalue weighted by molar-refractivity contribution is 7.99. The molecule has 0 saturated carbocycles. The van der Waals surface area contributed by atoms with E-state index in [9.17, 15) is 4.79 Å². The van der Waals surface area contributed by atoms with Gasteiger partial charge in [0.25, 0.3) is 0 Å². The highest BCUT2D eigenvalue weighted by Gasteiger charge is 2.12. The van der Waals surface area contributed by atoms with E-state index >= 15 is 0 Å². The van der Waals surface area contributed by atoms with Crippen LogP contribution in [0.15, 0.2) is 5.16 Å². The first kappa shape index (κ1) is 16.0. The largest absolute Gasteiger partial charge is 0.481 e. The van der Waals surface area contributed by atoms with Gasteiger partial charge in [-0.2, -0.15) is 0 Å². The maximum absolute atomic E-state index is 10.6. The number of thioether (sulfide) groups is 1. The molecule has 1 aromatic rings. The van der Waals surface area contributed by atoms with Gasteiger partial charge in [0.05, 0.1) is 12.4 Å². The average molecular weight is 287 g/mol. The number of aryl methyl sites for hydroxylation is 1. The molecular weight excluding hydrogens is 266 g/mol. The van der Waals surface area contributed by atoms with E-state index in [4.69, 9.17) is 9.84 Å². The van der Waals surface area contributed by atoms with Crippen molar-refractivity contribution in [1.82, 2.24) is 14.8 Å². The van der Waals surface area contributed by atoms with E-state index in [0.717, 1.165) is 31.7 Å². The van der Waals surface area contributed by atoms with Gasteiger partial charge in [-0.25, -0.2) is 0 Å². The van der Waals surface area contributed by atoms with Crippen LogP contribution < -0.4 is 0 Å². The second-order valence-electron chi connectivity index (χ2n) is 4.05. The molecule has 1 aromatic heterocycles. The monoisotopic (exact) mass is 287 g/mol. The van der Waals surface area contributed by atoms with Crippen LogP contribution in [-0.2, 0) is 22.5 Å². The first-order chi connectivity index (χ1) is 9.19. The number of hydrogen-bond acceptors (Lipinski definition) is 5. The smallest absolute Gasteiger partial charge is 0.313 e. The van der Waals surface area contributed by atoms with E-state index in [1.54, 1.807) is 0 Å².